The Hall–Kier alpha value is -1.26. The van der Waals surface area contributed by atoms with Crippen LogP contribution in [0.4, 0.5) is 4.79 Å². The summed E-state index contributed by atoms with van der Waals surface area (Å²) in [5, 5.41) is 3.61. The van der Waals surface area contributed by atoms with Crippen LogP contribution in [-0.4, -0.2) is 48.1 Å². The van der Waals surface area contributed by atoms with E-state index in [1.165, 1.54) is 32.1 Å². The van der Waals surface area contributed by atoms with Crippen molar-refractivity contribution in [3.8, 4) is 0 Å². The van der Waals surface area contributed by atoms with Gasteiger partial charge >= 0.3 is 6.09 Å². The second kappa shape index (κ2) is 7.34. The zero-order chi connectivity index (χ0) is 16.2. The zero-order valence-corrected chi connectivity index (χ0v) is 14.5. The molecular formula is C17H31N3O2. The fraction of sp³-hybridized carbons (Fsp3) is 0.882. The molecule has 2 unspecified atom stereocenters. The summed E-state index contributed by atoms with van der Waals surface area (Å²) in [6.07, 6.45) is 6.11. The molecule has 5 heteroatoms. The predicted molar refractivity (Wildman–Crippen MR) is 89.3 cm³/mol. The molecule has 2 atom stereocenters. The topological polar surface area (TPSA) is 53.9 Å². The summed E-state index contributed by atoms with van der Waals surface area (Å²) in [4.78, 5) is 18.5. The van der Waals surface area contributed by atoms with Gasteiger partial charge in [-0.15, -0.1) is 0 Å². The minimum absolute atomic E-state index is 0.239. The molecular weight excluding hydrogens is 278 g/mol. The SMILES string of the molecule is CCC1CCCCC1NC1=NCCN(C(=O)OC(C)(C)C)C1. The van der Waals surface area contributed by atoms with Crippen molar-refractivity contribution in [1.29, 1.82) is 0 Å². The first kappa shape index (κ1) is 17.1. The summed E-state index contributed by atoms with van der Waals surface area (Å²) >= 11 is 0. The fourth-order valence-electron chi connectivity index (χ4n) is 3.29. The fourth-order valence-corrected chi connectivity index (χ4v) is 3.29. The van der Waals surface area contributed by atoms with Gasteiger partial charge < -0.3 is 10.1 Å². The molecule has 0 bridgehead atoms. The van der Waals surface area contributed by atoms with Gasteiger partial charge in [-0.25, -0.2) is 4.79 Å². The summed E-state index contributed by atoms with van der Waals surface area (Å²) in [6, 6.07) is 0.510. The van der Waals surface area contributed by atoms with E-state index in [1.54, 1.807) is 4.90 Å². The van der Waals surface area contributed by atoms with Crippen LogP contribution in [0.3, 0.4) is 0 Å². The molecule has 1 aliphatic heterocycles. The lowest BCUT2D eigenvalue weighted by Gasteiger charge is -2.35. The van der Waals surface area contributed by atoms with E-state index in [1.807, 2.05) is 20.8 Å². The number of aliphatic imine (C=N–C) groups is 1. The molecule has 1 aliphatic carbocycles. The zero-order valence-electron chi connectivity index (χ0n) is 14.5. The van der Waals surface area contributed by atoms with Crippen LogP contribution in [0.1, 0.15) is 59.8 Å². The lowest BCUT2D eigenvalue weighted by atomic mass is 9.83. The molecule has 2 rings (SSSR count). The Labute approximate surface area is 134 Å². The summed E-state index contributed by atoms with van der Waals surface area (Å²) < 4.78 is 5.46. The van der Waals surface area contributed by atoms with Crippen molar-refractivity contribution in [2.75, 3.05) is 19.6 Å². The van der Waals surface area contributed by atoms with Crippen molar-refractivity contribution in [1.82, 2.24) is 10.2 Å². The van der Waals surface area contributed by atoms with Gasteiger partial charge in [0.1, 0.15) is 11.4 Å². The largest absolute Gasteiger partial charge is 0.444 e. The monoisotopic (exact) mass is 309 g/mol. The second-order valence-electron chi connectivity index (χ2n) is 7.43. The molecule has 1 fully saturated rings. The van der Waals surface area contributed by atoms with Crippen molar-refractivity contribution in [2.24, 2.45) is 10.9 Å². The Morgan fingerprint density at radius 3 is 2.77 bits per heavy atom. The van der Waals surface area contributed by atoms with Crippen LogP contribution in [0.5, 0.6) is 0 Å². The van der Waals surface area contributed by atoms with Crippen molar-refractivity contribution in [3.63, 3.8) is 0 Å². The first-order chi connectivity index (χ1) is 10.4. The van der Waals surface area contributed by atoms with Crippen molar-refractivity contribution < 1.29 is 9.53 Å². The Kier molecular flexibility index (Phi) is 5.70. The molecule has 5 nitrogen and oxygen atoms in total. The smallest absolute Gasteiger partial charge is 0.410 e. The number of amidine groups is 1. The number of carbonyl (C=O) groups is 1. The Bertz CT molecular complexity index is 415. The number of nitrogens with one attached hydrogen (secondary N) is 1. The number of ether oxygens (including phenoxy) is 1. The molecule has 1 N–H and O–H groups in total. The van der Waals surface area contributed by atoms with Crippen molar-refractivity contribution >= 4 is 11.9 Å². The van der Waals surface area contributed by atoms with Gasteiger partial charge in [-0.3, -0.25) is 9.89 Å². The van der Waals surface area contributed by atoms with E-state index < -0.39 is 5.60 Å². The third-order valence-corrected chi connectivity index (χ3v) is 4.45. The van der Waals surface area contributed by atoms with Gasteiger partial charge in [0.05, 0.1) is 13.1 Å². The van der Waals surface area contributed by atoms with E-state index >= 15 is 0 Å². The van der Waals surface area contributed by atoms with Gasteiger partial charge in [0.2, 0.25) is 0 Å². The lowest BCUT2D eigenvalue weighted by Crippen LogP contribution is -2.51. The molecule has 1 saturated carbocycles. The second-order valence-corrected chi connectivity index (χ2v) is 7.43. The average Bonchev–Trinajstić information content (AvgIpc) is 2.46. The van der Waals surface area contributed by atoms with E-state index in [0.717, 1.165) is 11.8 Å². The van der Waals surface area contributed by atoms with E-state index in [9.17, 15) is 4.79 Å². The molecule has 0 aromatic heterocycles. The summed E-state index contributed by atoms with van der Waals surface area (Å²) in [5.74, 6) is 1.68. The van der Waals surface area contributed by atoms with Gasteiger partial charge in [0.15, 0.2) is 0 Å². The van der Waals surface area contributed by atoms with Crippen LogP contribution in [0.25, 0.3) is 0 Å². The van der Waals surface area contributed by atoms with Crippen molar-refractivity contribution in [2.45, 2.75) is 71.4 Å². The highest BCUT2D eigenvalue weighted by Gasteiger charge is 2.28. The van der Waals surface area contributed by atoms with Gasteiger partial charge in [0, 0.05) is 12.6 Å². The molecule has 0 spiro atoms. The normalized spacial score (nSPS) is 26.4. The van der Waals surface area contributed by atoms with Crippen LogP contribution in [0.2, 0.25) is 0 Å². The number of nitrogens with zero attached hydrogens (tertiary/aromatic N) is 2. The van der Waals surface area contributed by atoms with Gasteiger partial charge in [-0.1, -0.05) is 26.2 Å². The van der Waals surface area contributed by atoms with Crippen LogP contribution in [0.15, 0.2) is 4.99 Å². The molecule has 0 saturated heterocycles. The standard InChI is InChI=1S/C17H31N3O2/c1-5-13-8-6-7-9-14(13)19-15-12-20(11-10-18-15)16(21)22-17(2,3)4/h13-14H,5-12H2,1-4H3,(H,18,19). The molecule has 2 aliphatic rings. The summed E-state index contributed by atoms with van der Waals surface area (Å²) in [5.41, 5.74) is -0.448. The maximum atomic E-state index is 12.2. The molecule has 1 heterocycles. The minimum Gasteiger partial charge on any atom is -0.444 e. The summed E-state index contributed by atoms with van der Waals surface area (Å²) in [7, 11) is 0. The Morgan fingerprint density at radius 1 is 1.36 bits per heavy atom. The van der Waals surface area contributed by atoms with Gasteiger partial charge in [-0.05, 0) is 39.5 Å². The maximum Gasteiger partial charge on any atom is 0.410 e. The highest BCUT2D eigenvalue weighted by atomic mass is 16.6. The first-order valence-corrected chi connectivity index (χ1v) is 8.67. The van der Waals surface area contributed by atoms with Crippen LogP contribution < -0.4 is 5.32 Å². The molecule has 0 aromatic carbocycles. The average molecular weight is 309 g/mol. The third kappa shape index (κ3) is 4.89. The highest BCUT2D eigenvalue weighted by Crippen LogP contribution is 2.27. The van der Waals surface area contributed by atoms with Crippen molar-refractivity contribution in [3.05, 3.63) is 0 Å². The number of hydrogen-bond donors (Lipinski definition) is 1. The van der Waals surface area contributed by atoms with E-state index in [2.05, 4.69) is 17.2 Å². The minimum atomic E-state index is -0.448. The molecule has 0 radical (unpaired) electrons. The molecule has 22 heavy (non-hydrogen) atoms. The first-order valence-electron chi connectivity index (χ1n) is 8.67. The lowest BCUT2D eigenvalue weighted by molar-refractivity contribution is 0.0275. The number of amides is 1. The van der Waals surface area contributed by atoms with Gasteiger partial charge in [-0.2, -0.15) is 0 Å². The quantitative estimate of drug-likeness (QED) is 0.852. The predicted octanol–water partition coefficient (Wildman–Crippen LogP) is 3.19. The Balaban J connectivity index is 1.90. The molecule has 0 aromatic rings. The Morgan fingerprint density at radius 2 is 2.09 bits per heavy atom. The van der Waals surface area contributed by atoms with E-state index in [0.29, 0.717) is 25.7 Å². The number of carbonyl (C=O) groups excluding carboxylic acids is 1. The van der Waals surface area contributed by atoms with Crippen LogP contribution in [-0.2, 0) is 4.74 Å². The molecule has 1 amide bonds. The molecule has 126 valence electrons. The van der Waals surface area contributed by atoms with E-state index in [4.69, 9.17) is 4.74 Å². The van der Waals surface area contributed by atoms with Gasteiger partial charge in [0.25, 0.3) is 0 Å². The number of rotatable bonds is 2. The maximum absolute atomic E-state index is 12.2. The van der Waals surface area contributed by atoms with E-state index in [-0.39, 0.29) is 6.09 Å². The third-order valence-electron chi connectivity index (χ3n) is 4.45. The van der Waals surface area contributed by atoms with Crippen LogP contribution in [0, 0.1) is 5.92 Å². The highest BCUT2D eigenvalue weighted by molar-refractivity contribution is 5.88. The summed E-state index contributed by atoms with van der Waals surface area (Å²) in [6.45, 7) is 9.80. The number of hydrogen-bond acceptors (Lipinski definition) is 4. The van der Waals surface area contributed by atoms with Crippen LogP contribution >= 0.6 is 0 Å².